The molecule has 1 saturated carbocycles. The lowest BCUT2D eigenvalue weighted by Crippen LogP contribution is -2.39. The molecule has 6 heteroatoms. The number of aryl methyl sites for hydroxylation is 1. The summed E-state index contributed by atoms with van der Waals surface area (Å²) in [6, 6.07) is 6.06. The third-order valence-corrected chi connectivity index (χ3v) is 3.91. The molecule has 0 amide bonds. The monoisotopic (exact) mass is 325 g/mol. The average molecular weight is 325 g/mol. The Morgan fingerprint density at radius 2 is 2.04 bits per heavy atom. The molecule has 0 radical (unpaired) electrons. The van der Waals surface area contributed by atoms with E-state index in [2.05, 4.69) is 15.6 Å². The van der Waals surface area contributed by atoms with Crippen molar-refractivity contribution in [3.05, 3.63) is 29.3 Å². The Balaban J connectivity index is 1.97. The van der Waals surface area contributed by atoms with Crippen LogP contribution in [0.1, 0.15) is 36.8 Å². The molecular weight excluding hydrogens is 300 g/mol. The summed E-state index contributed by atoms with van der Waals surface area (Å²) in [6.45, 7) is 2.09. The van der Waals surface area contributed by atoms with Gasteiger partial charge in [-0.15, -0.1) is 0 Å². The summed E-state index contributed by atoms with van der Waals surface area (Å²) in [4.78, 5) is 3.95. The van der Waals surface area contributed by atoms with Gasteiger partial charge >= 0.3 is 0 Å². The number of halogens is 2. The topological polar surface area (TPSA) is 45.7 Å². The molecule has 0 aromatic heterocycles. The van der Waals surface area contributed by atoms with E-state index < -0.39 is 13.0 Å². The van der Waals surface area contributed by atoms with Gasteiger partial charge in [0.25, 0.3) is 6.43 Å². The van der Waals surface area contributed by atoms with Crippen LogP contribution in [0.4, 0.5) is 8.78 Å². The van der Waals surface area contributed by atoms with Crippen molar-refractivity contribution in [2.45, 2.75) is 51.7 Å². The van der Waals surface area contributed by atoms with Crippen molar-refractivity contribution in [1.29, 1.82) is 0 Å². The maximum absolute atomic E-state index is 12.3. The van der Waals surface area contributed by atoms with Crippen LogP contribution in [0.25, 0.3) is 0 Å². The Bertz CT molecular complexity index is 529. The third-order valence-electron chi connectivity index (χ3n) is 3.91. The van der Waals surface area contributed by atoms with Crippen LogP contribution in [0.3, 0.4) is 0 Å². The molecular formula is C17H25F2N3O. The molecule has 1 aliphatic rings. The summed E-state index contributed by atoms with van der Waals surface area (Å²) >= 11 is 0. The van der Waals surface area contributed by atoms with Crippen LogP contribution in [0.5, 0.6) is 5.75 Å². The number of nitrogens with one attached hydrogen (secondary N) is 2. The molecule has 0 bridgehead atoms. The molecule has 0 heterocycles. The highest BCUT2D eigenvalue weighted by Crippen LogP contribution is 2.27. The molecule has 2 N–H and O–H groups in total. The van der Waals surface area contributed by atoms with Gasteiger partial charge in [-0.3, -0.25) is 4.99 Å². The molecule has 1 aliphatic carbocycles. The molecule has 4 nitrogen and oxygen atoms in total. The van der Waals surface area contributed by atoms with E-state index in [-0.39, 0.29) is 6.10 Å². The molecule has 23 heavy (non-hydrogen) atoms. The van der Waals surface area contributed by atoms with Crippen LogP contribution in [0, 0.1) is 6.92 Å². The van der Waals surface area contributed by atoms with Crippen molar-refractivity contribution < 1.29 is 13.5 Å². The number of guanidine groups is 1. The van der Waals surface area contributed by atoms with Crippen molar-refractivity contribution in [2.75, 3.05) is 13.6 Å². The van der Waals surface area contributed by atoms with Gasteiger partial charge in [-0.2, -0.15) is 0 Å². The van der Waals surface area contributed by atoms with Gasteiger partial charge in [-0.1, -0.05) is 12.1 Å². The first-order chi connectivity index (χ1) is 11.1. The molecule has 0 unspecified atom stereocenters. The number of nitrogens with zero attached hydrogens (tertiary/aromatic N) is 1. The van der Waals surface area contributed by atoms with Crippen LogP contribution >= 0.6 is 0 Å². The van der Waals surface area contributed by atoms with Crippen LogP contribution in [-0.4, -0.2) is 32.1 Å². The second kappa shape index (κ2) is 8.70. The standard InChI is InChI=1S/C17H25F2N3O/c1-12-7-8-13(10-21-17(20-2)22-11-16(18)19)15(9-12)23-14-5-3-4-6-14/h7-9,14,16H,3-6,10-11H2,1-2H3,(H2,20,21,22). The molecule has 0 aliphatic heterocycles. The van der Waals surface area contributed by atoms with Gasteiger partial charge in [-0.25, -0.2) is 8.78 Å². The van der Waals surface area contributed by atoms with E-state index in [1.165, 1.54) is 12.8 Å². The quantitative estimate of drug-likeness (QED) is 0.623. The predicted molar refractivity (Wildman–Crippen MR) is 88.3 cm³/mol. The molecule has 0 spiro atoms. The van der Waals surface area contributed by atoms with Gasteiger partial charge in [0.1, 0.15) is 5.75 Å². The zero-order valence-corrected chi connectivity index (χ0v) is 13.7. The fourth-order valence-corrected chi connectivity index (χ4v) is 2.68. The highest BCUT2D eigenvalue weighted by atomic mass is 19.3. The second-order valence-electron chi connectivity index (χ2n) is 5.83. The smallest absolute Gasteiger partial charge is 0.255 e. The fourth-order valence-electron chi connectivity index (χ4n) is 2.68. The van der Waals surface area contributed by atoms with E-state index in [0.29, 0.717) is 12.5 Å². The number of aliphatic imine (C=N–C) groups is 1. The normalized spacial score (nSPS) is 16.0. The number of benzene rings is 1. The van der Waals surface area contributed by atoms with Crippen LogP contribution in [-0.2, 0) is 6.54 Å². The van der Waals surface area contributed by atoms with Gasteiger partial charge in [0.2, 0.25) is 0 Å². The Morgan fingerprint density at radius 1 is 1.30 bits per heavy atom. The Hall–Kier alpha value is -1.85. The van der Waals surface area contributed by atoms with E-state index in [9.17, 15) is 8.78 Å². The Morgan fingerprint density at radius 3 is 2.70 bits per heavy atom. The largest absolute Gasteiger partial charge is 0.490 e. The summed E-state index contributed by atoms with van der Waals surface area (Å²) in [5, 5.41) is 5.64. The van der Waals surface area contributed by atoms with Crippen molar-refractivity contribution in [3.63, 3.8) is 0 Å². The first-order valence-electron chi connectivity index (χ1n) is 8.07. The maximum Gasteiger partial charge on any atom is 0.255 e. The Labute approximate surface area is 136 Å². The van der Waals surface area contributed by atoms with E-state index in [1.807, 2.05) is 25.1 Å². The van der Waals surface area contributed by atoms with Crippen LogP contribution < -0.4 is 15.4 Å². The van der Waals surface area contributed by atoms with Crippen molar-refractivity contribution in [1.82, 2.24) is 10.6 Å². The summed E-state index contributed by atoms with van der Waals surface area (Å²) < 4.78 is 30.7. The predicted octanol–water partition coefficient (Wildman–Crippen LogP) is 3.25. The summed E-state index contributed by atoms with van der Waals surface area (Å²) in [5.74, 6) is 1.23. The summed E-state index contributed by atoms with van der Waals surface area (Å²) in [6.07, 6.45) is 2.50. The number of alkyl halides is 2. The minimum absolute atomic E-state index is 0.284. The van der Waals surface area contributed by atoms with Gasteiger partial charge in [0, 0.05) is 19.2 Å². The van der Waals surface area contributed by atoms with Gasteiger partial charge < -0.3 is 15.4 Å². The Kier molecular flexibility index (Phi) is 6.62. The summed E-state index contributed by atoms with van der Waals surface area (Å²) in [7, 11) is 1.56. The van der Waals surface area contributed by atoms with Gasteiger partial charge in [0.05, 0.1) is 12.6 Å². The zero-order valence-electron chi connectivity index (χ0n) is 13.7. The molecule has 1 fully saturated rings. The van der Waals surface area contributed by atoms with Crippen molar-refractivity contribution >= 4 is 5.96 Å². The zero-order chi connectivity index (χ0) is 16.7. The molecule has 128 valence electrons. The number of hydrogen-bond acceptors (Lipinski definition) is 2. The SMILES string of the molecule is CN=C(NCc1ccc(C)cc1OC1CCCC1)NCC(F)F. The molecule has 1 aromatic rings. The minimum Gasteiger partial charge on any atom is -0.490 e. The van der Waals surface area contributed by atoms with Crippen LogP contribution in [0.2, 0.25) is 0 Å². The fraction of sp³-hybridized carbons (Fsp3) is 0.588. The molecule has 0 saturated heterocycles. The highest BCUT2D eigenvalue weighted by molar-refractivity contribution is 5.79. The molecule has 1 aromatic carbocycles. The van der Waals surface area contributed by atoms with E-state index >= 15 is 0 Å². The number of ether oxygens (including phenoxy) is 1. The number of rotatable bonds is 6. The molecule has 2 rings (SSSR count). The maximum atomic E-state index is 12.3. The first-order valence-corrected chi connectivity index (χ1v) is 8.07. The van der Waals surface area contributed by atoms with Gasteiger partial charge in [0.15, 0.2) is 5.96 Å². The number of hydrogen-bond donors (Lipinski definition) is 2. The van der Waals surface area contributed by atoms with E-state index in [4.69, 9.17) is 4.74 Å². The highest BCUT2D eigenvalue weighted by Gasteiger charge is 2.18. The van der Waals surface area contributed by atoms with Crippen molar-refractivity contribution in [3.8, 4) is 5.75 Å². The summed E-state index contributed by atoms with van der Waals surface area (Å²) in [5.41, 5.74) is 2.14. The van der Waals surface area contributed by atoms with E-state index in [1.54, 1.807) is 7.05 Å². The second-order valence-corrected chi connectivity index (χ2v) is 5.83. The third kappa shape index (κ3) is 5.69. The lowest BCUT2D eigenvalue weighted by atomic mass is 10.1. The van der Waals surface area contributed by atoms with Crippen LogP contribution in [0.15, 0.2) is 23.2 Å². The lowest BCUT2D eigenvalue weighted by molar-refractivity contribution is 0.152. The minimum atomic E-state index is -2.41. The first kappa shape index (κ1) is 17.5. The van der Waals surface area contributed by atoms with Crippen molar-refractivity contribution in [2.24, 2.45) is 4.99 Å². The lowest BCUT2D eigenvalue weighted by Gasteiger charge is -2.18. The average Bonchev–Trinajstić information content (AvgIpc) is 3.02. The molecule has 0 atom stereocenters. The van der Waals surface area contributed by atoms with Gasteiger partial charge in [-0.05, 0) is 44.2 Å². The van der Waals surface area contributed by atoms with E-state index in [0.717, 1.165) is 29.7 Å².